The van der Waals surface area contributed by atoms with Crippen LogP contribution in [0.1, 0.15) is 129 Å². The van der Waals surface area contributed by atoms with Gasteiger partial charge in [-0.1, -0.05) is 126 Å². The minimum absolute atomic E-state index is 0.0966. The summed E-state index contributed by atoms with van der Waals surface area (Å²) in [5.41, 5.74) is 5.29. The highest BCUT2D eigenvalue weighted by Gasteiger charge is 2.28. The number of carbonyl (C=O) groups is 3. The maximum Gasteiger partial charge on any atom is 0.472 e. The van der Waals surface area contributed by atoms with Crippen LogP contribution in [0.25, 0.3) is 0 Å². The van der Waals surface area contributed by atoms with Crippen molar-refractivity contribution in [1.82, 2.24) is 0 Å². The zero-order valence-electron chi connectivity index (χ0n) is 30.5. The third-order valence-electron chi connectivity index (χ3n) is 7.28. The van der Waals surface area contributed by atoms with Gasteiger partial charge in [0.15, 0.2) is 6.10 Å². The first-order chi connectivity index (χ1) is 24.1. The van der Waals surface area contributed by atoms with Crippen LogP contribution < -0.4 is 5.73 Å². The quantitative estimate of drug-likeness (QED) is 0.0255. The Balaban J connectivity index is 4.49. The van der Waals surface area contributed by atoms with Crippen LogP contribution in [0.3, 0.4) is 0 Å². The molecule has 12 heteroatoms. The highest BCUT2D eigenvalue weighted by atomic mass is 31.2. The van der Waals surface area contributed by atoms with Gasteiger partial charge < -0.3 is 25.2 Å². The average molecular weight is 726 g/mol. The molecule has 0 aromatic heterocycles. The number of carbonyl (C=O) groups excluding carboxylic acids is 2. The van der Waals surface area contributed by atoms with E-state index in [1.807, 2.05) is 12.2 Å². The number of phosphoric ester groups is 1. The van der Waals surface area contributed by atoms with Crippen LogP contribution in [0.15, 0.2) is 60.8 Å². The Morgan fingerprint density at radius 2 is 1.10 bits per heavy atom. The minimum Gasteiger partial charge on any atom is -0.480 e. The monoisotopic (exact) mass is 725 g/mol. The molecular formula is C38H64NO10P. The van der Waals surface area contributed by atoms with E-state index in [9.17, 15) is 23.8 Å². The van der Waals surface area contributed by atoms with Crippen LogP contribution in [0.5, 0.6) is 0 Å². The van der Waals surface area contributed by atoms with Crippen molar-refractivity contribution in [3.63, 3.8) is 0 Å². The van der Waals surface area contributed by atoms with Crippen molar-refractivity contribution < 1.29 is 47.5 Å². The van der Waals surface area contributed by atoms with E-state index in [0.717, 1.165) is 57.8 Å². The second-order valence-corrected chi connectivity index (χ2v) is 13.5. The van der Waals surface area contributed by atoms with Crippen molar-refractivity contribution in [1.29, 1.82) is 0 Å². The predicted octanol–water partition coefficient (Wildman–Crippen LogP) is 8.83. The lowest BCUT2D eigenvalue weighted by Gasteiger charge is -2.20. The highest BCUT2D eigenvalue weighted by Crippen LogP contribution is 2.43. The fraction of sp³-hybridized carbons (Fsp3) is 0.658. The maximum absolute atomic E-state index is 12.4. The molecule has 0 aliphatic rings. The lowest BCUT2D eigenvalue weighted by molar-refractivity contribution is -0.161. The predicted molar refractivity (Wildman–Crippen MR) is 198 cm³/mol. The van der Waals surface area contributed by atoms with Gasteiger partial charge in [0.05, 0.1) is 13.2 Å². The average Bonchev–Trinajstić information content (AvgIpc) is 3.09. The SMILES string of the molecule is CCCCC/C=C/C/C=C/C/C=C/C/C=C/C/C=C/CCC(=O)OC[C@@H](COP(=O)(O)OC[C@@H](N)C(=O)O)OC(=O)CCCCCCCCC. The Kier molecular flexibility index (Phi) is 31.5. The van der Waals surface area contributed by atoms with Gasteiger partial charge in [0, 0.05) is 12.8 Å². The van der Waals surface area contributed by atoms with Gasteiger partial charge in [0.1, 0.15) is 12.6 Å². The molecule has 0 aromatic rings. The number of carboxylic acid groups (broad SMARTS) is 1. The third kappa shape index (κ3) is 32.4. The van der Waals surface area contributed by atoms with Crippen LogP contribution in [0.4, 0.5) is 0 Å². The largest absolute Gasteiger partial charge is 0.480 e. The Bertz CT molecular complexity index is 1090. The summed E-state index contributed by atoms with van der Waals surface area (Å²) in [5.74, 6) is -2.50. The van der Waals surface area contributed by atoms with Gasteiger partial charge in [0.2, 0.25) is 0 Å². The van der Waals surface area contributed by atoms with E-state index in [4.69, 9.17) is 24.8 Å². The van der Waals surface area contributed by atoms with Crippen molar-refractivity contribution in [2.75, 3.05) is 19.8 Å². The summed E-state index contributed by atoms with van der Waals surface area (Å²) >= 11 is 0. The molecule has 0 saturated heterocycles. The molecule has 0 radical (unpaired) electrons. The maximum atomic E-state index is 12.4. The molecule has 0 rings (SSSR count). The Morgan fingerprint density at radius 1 is 0.620 bits per heavy atom. The van der Waals surface area contributed by atoms with E-state index in [1.54, 1.807) is 0 Å². The molecule has 0 heterocycles. The second-order valence-electron chi connectivity index (χ2n) is 12.0. The van der Waals surface area contributed by atoms with Crippen molar-refractivity contribution in [3.8, 4) is 0 Å². The number of allylic oxidation sites excluding steroid dienone is 10. The molecule has 0 fully saturated rings. The van der Waals surface area contributed by atoms with E-state index in [2.05, 4.69) is 67.0 Å². The smallest absolute Gasteiger partial charge is 0.472 e. The number of unbranched alkanes of at least 4 members (excludes halogenated alkanes) is 9. The van der Waals surface area contributed by atoms with E-state index in [-0.39, 0.29) is 19.4 Å². The number of ether oxygens (including phenoxy) is 2. The molecule has 0 bridgehead atoms. The topological polar surface area (TPSA) is 172 Å². The Morgan fingerprint density at radius 3 is 1.66 bits per heavy atom. The lowest BCUT2D eigenvalue weighted by Crippen LogP contribution is -2.34. The third-order valence-corrected chi connectivity index (χ3v) is 8.23. The van der Waals surface area contributed by atoms with Crippen molar-refractivity contribution in [2.24, 2.45) is 5.73 Å². The summed E-state index contributed by atoms with van der Waals surface area (Å²) in [7, 11) is -4.72. The molecule has 4 N–H and O–H groups in total. The molecule has 0 aliphatic carbocycles. The summed E-state index contributed by atoms with van der Waals surface area (Å²) < 4.78 is 32.3. The van der Waals surface area contributed by atoms with Crippen LogP contribution in [-0.4, -0.2) is 59.9 Å². The van der Waals surface area contributed by atoms with Crippen LogP contribution in [0.2, 0.25) is 0 Å². The zero-order chi connectivity index (χ0) is 37.1. The second kappa shape index (κ2) is 33.3. The first-order valence-corrected chi connectivity index (χ1v) is 19.8. The lowest BCUT2D eigenvalue weighted by atomic mass is 10.1. The summed E-state index contributed by atoms with van der Waals surface area (Å²) in [6.07, 6.45) is 36.2. The zero-order valence-corrected chi connectivity index (χ0v) is 31.4. The fourth-order valence-electron chi connectivity index (χ4n) is 4.34. The molecular weight excluding hydrogens is 661 g/mol. The number of hydrogen-bond acceptors (Lipinski definition) is 9. The van der Waals surface area contributed by atoms with Gasteiger partial charge in [-0.2, -0.15) is 0 Å². The minimum atomic E-state index is -4.72. The van der Waals surface area contributed by atoms with E-state index in [0.29, 0.717) is 12.8 Å². The summed E-state index contributed by atoms with van der Waals surface area (Å²) in [4.78, 5) is 45.5. The van der Waals surface area contributed by atoms with Crippen molar-refractivity contribution >= 4 is 25.7 Å². The number of aliphatic carboxylic acids is 1. The van der Waals surface area contributed by atoms with Crippen molar-refractivity contribution in [3.05, 3.63) is 60.8 Å². The van der Waals surface area contributed by atoms with Crippen molar-refractivity contribution in [2.45, 2.75) is 142 Å². The Labute approximate surface area is 300 Å². The molecule has 11 nitrogen and oxygen atoms in total. The van der Waals surface area contributed by atoms with Crippen LogP contribution in [0, 0.1) is 0 Å². The van der Waals surface area contributed by atoms with Gasteiger partial charge in [0.25, 0.3) is 0 Å². The van der Waals surface area contributed by atoms with Gasteiger partial charge in [-0.3, -0.25) is 23.4 Å². The molecule has 0 amide bonds. The number of rotatable bonds is 33. The normalized spacial score (nSPS) is 14.6. The molecule has 50 heavy (non-hydrogen) atoms. The van der Waals surface area contributed by atoms with Crippen LogP contribution >= 0.6 is 7.82 Å². The highest BCUT2D eigenvalue weighted by molar-refractivity contribution is 7.47. The standard InChI is InChI=1S/C38H64NO10P/c1-3-5-7-9-11-12-13-14-15-16-17-18-19-20-21-22-24-25-27-29-36(40)46-31-34(32-47-50(44,45)48-33-35(39)38(42)43)49-37(41)30-28-26-23-10-8-6-4-2/h11-12,14-15,17-18,20-21,24-25,34-35H,3-10,13,16,19,22-23,26-33,39H2,1-2H3,(H,42,43)(H,44,45)/b12-11+,15-14+,18-17+,21-20+,25-24+/t34-,35+/m0/s1. The van der Waals surface area contributed by atoms with Gasteiger partial charge in [-0.15, -0.1) is 0 Å². The Hall–Kier alpha value is -2.82. The summed E-state index contributed by atoms with van der Waals surface area (Å²) in [6.45, 7) is 2.60. The number of nitrogens with two attached hydrogens (primary N) is 1. The molecule has 0 aliphatic heterocycles. The molecule has 0 aromatic carbocycles. The first-order valence-electron chi connectivity index (χ1n) is 18.3. The number of carboxylic acids is 1. The number of phosphoric acid groups is 1. The summed E-state index contributed by atoms with van der Waals surface area (Å²) in [6, 6.07) is -1.53. The number of hydrogen-bond donors (Lipinski definition) is 3. The molecule has 1 unspecified atom stereocenters. The molecule has 286 valence electrons. The van der Waals surface area contributed by atoms with Crippen LogP contribution in [-0.2, 0) is 37.5 Å². The summed E-state index contributed by atoms with van der Waals surface area (Å²) in [5, 5.41) is 8.83. The number of esters is 2. The van der Waals surface area contributed by atoms with Gasteiger partial charge >= 0.3 is 25.7 Å². The van der Waals surface area contributed by atoms with E-state index in [1.165, 1.54) is 32.1 Å². The molecule has 0 saturated carbocycles. The fourth-order valence-corrected chi connectivity index (χ4v) is 5.12. The van der Waals surface area contributed by atoms with E-state index < -0.39 is 51.1 Å². The molecule has 0 spiro atoms. The van der Waals surface area contributed by atoms with E-state index >= 15 is 0 Å². The molecule has 3 atom stereocenters. The first kappa shape index (κ1) is 47.2. The van der Waals surface area contributed by atoms with Gasteiger partial charge in [-0.25, -0.2) is 4.57 Å². The van der Waals surface area contributed by atoms with Gasteiger partial charge in [-0.05, 0) is 51.4 Å².